The van der Waals surface area contributed by atoms with Gasteiger partial charge in [-0.25, -0.2) is 0 Å². The Morgan fingerprint density at radius 1 is 0.528 bits per heavy atom. The number of hydrogen-bond acceptors (Lipinski definition) is 4. The van der Waals surface area contributed by atoms with E-state index in [9.17, 15) is 10.2 Å². The number of phenolic OH excluding ortho intramolecular Hbond substituents is 2. The van der Waals surface area contributed by atoms with Crippen LogP contribution in [0, 0.1) is 0 Å². The third-order valence-electron chi connectivity index (χ3n) is 8.34. The molecule has 36 heavy (non-hydrogen) atoms. The van der Waals surface area contributed by atoms with Crippen molar-refractivity contribution in [2.45, 2.75) is 77.3 Å². The summed E-state index contributed by atoms with van der Waals surface area (Å²) in [6.45, 7) is 16.5. The van der Waals surface area contributed by atoms with Gasteiger partial charge >= 0.3 is 0 Å². The fraction of sp³-hybridized carbons (Fsp3) is 0.400. The first-order valence-electron chi connectivity index (χ1n) is 12.5. The van der Waals surface area contributed by atoms with E-state index >= 15 is 0 Å². The fourth-order valence-electron chi connectivity index (χ4n) is 5.54. The molecule has 6 heteroatoms. The summed E-state index contributed by atoms with van der Waals surface area (Å²) < 4.78 is 3.83. The maximum Gasteiger partial charge on any atom is 0.125 e. The Morgan fingerprint density at radius 2 is 0.889 bits per heavy atom. The lowest BCUT2D eigenvalue weighted by Gasteiger charge is -2.34. The zero-order valence-corrected chi connectivity index (χ0v) is 22.5. The van der Waals surface area contributed by atoms with Crippen molar-refractivity contribution < 1.29 is 10.2 Å². The van der Waals surface area contributed by atoms with Crippen molar-refractivity contribution in [1.29, 1.82) is 0 Å². The monoisotopic (exact) mass is 484 g/mol. The van der Waals surface area contributed by atoms with Gasteiger partial charge in [-0.05, 0) is 53.7 Å². The highest BCUT2D eigenvalue weighted by Gasteiger charge is 2.38. The SMILES string of the molecule is CC1(C)c2ccn(n2)C(C)(C)c2cccc(c2O)C(C)(C)c2cccc(c2O)C(C)(C)n2ccc1n2. The molecular weight excluding hydrogens is 448 g/mol. The summed E-state index contributed by atoms with van der Waals surface area (Å²) in [5.41, 5.74) is 2.48. The zero-order chi connectivity index (χ0) is 26.3. The molecule has 5 rings (SSSR count). The van der Waals surface area contributed by atoms with Gasteiger partial charge in [0.1, 0.15) is 11.5 Å². The van der Waals surface area contributed by atoms with Crippen molar-refractivity contribution in [3.05, 3.63) is 94.6 Å². The van der Waals surface area contributed by atoms with Gasteiger partial charge < -0.3 is 10.2 Å². The number of aromatic nitrogens is 4. The molecule has 2 aromatic heterocycles. The van der Waals surface area contributed by atoms with Gasteiger partial charge in [-0.15, -0.1) is 0 Å². The second-order valence-electron chi connectivity index (χ2n) is 12.1. The number of fused-ring (bicyclic) bond motifs is 8. The maximum atomic E-state index is 11.7. The van der Waals surface area contributed by atoms with Crippen molar-refractivity contribution in [3.63, 3.8) is 0 Å². The second kappa shape index (κ2) is 7.48. The van der Waals surface area contributed by atoms with Crippen molar-refractivity contribution >= 4 is 0 Å². The molecule has 0 radical (unpaired) electrons. The van der Waals surface area contributed by atoms with E-state index in [2.05, 4.69) is 41.5 Å². The molecule has 188 valence electrons. The minimum absolute atomic E-state index is 0.217. The Kier molecular flexibility index (Phi) is 5.02. The number of phenols is 2. The van der Waals surface area contributed by atoms with Crippen LogP contribution in [0.5, 0.6) is 11.5 Å². The average molecular weight is 485 g/mol. The van der Waals surface area contributed by atoms with E-state index in [-0.39, 0.29) is 11.5 Å². The van der Waals surface area contributed by atoms with E-state index in [0.717, 1.165) is 33.6 Å². The summed E-state index contributed by atoms with van der Waals surface area (Å²) in [4.78, 5) is 0. The van der Waals surface area contributed by atoms with E-state index in [1.165, 1.54) is 0 Å². The van der Waals surface area contributed by atoms with Gasteiger partial charge in [0.15, 0.2) is 0 Å². The van der Waals surface area contributed by atoms with Crippen LogP contribution in [0.3, 0.4) is 0 Å². The Hall–Kier alpha value is -3.54. The number of nitrogens with zero attached hydrogens (tertiary/aromatic N) is 4. The van der Waals surface area contributed by atoms with Gasteiger partial charge in [0.25, 0.3) is 0 Å². The summed E-state index contributed by atoms with van der Waals surface area (Å²) in [5.74, 6) is 0.435. The maximum absolute atomic E-state index is 11.7. The molecule has 2 aromatic carbocycles. The van der Waals surface area contributed by atoms with Gasteiger partial charge in [-0.2, -0.15) is 10.2 Å². The molecule has 0 amide bonds. The predicted molar refractivity (Wildman–Crippen MR) is 142 cm³/mol. The molecule has 8 bridgehead atoms. The van der Waals surface area contributed by atoms with Crippen molar-refractivity contribution in [2.24, 2.45) is 0 Å². The summed E-state index contributed by atoms with van der Waals surface area (Å²) >= 11 is 0. The standard InChI is InChI=1S/C30H36N4O2/c1-27(2)19-11-9-13-21(25(19)35)29(5,6)33-17-15-23(31-33)28(3,4)24-16-18-34(32-24)30(7,8)22-14-10-12-20(27)26(22)36/h9-18,35-36H,1-8H3. The van der Waals surface area contributed by atoms with E-state index in [0.29, 0.717) is 0 Å². The Morgan fingerprint density at radius 3 is 1.28 bits per heavy atom. The van der Waals surface area contributed by atoms with Crippen LogP contribution < -0.4 is 0 Å². The van der Waals surface area contributed by atoms with Gasteiger partial charge in [-0.3, -0.25) is 9.36 Å². The Bertz CT molecular complexity index is 1360. The first-order valence-corrected chi connectivity index (χ1v) is 12.5. The lowest BCUT2D eigenvalue weighted by molar-refractivity contribution is 0.346. The average Bonchev–Trinajstić information content (AvgIpc) is 3.50. The first kappa shape index (κ1) is 24.2. The fourth-order valence-corrected chi connectivity index (χ4v) is 5.54. The molecule has 0 unspecified atom stereocenters. The summed E-state index contributed by atoms with van der Waals surface area (Å²) in [6.07, 6.45) is 3.95. The highest BCUT2D eigenvalue weighted by Crippen LogP contribution is 2.47. The van der Waals surface area contributed by atoms with Gasteiger partial charge in [0, 0.05) is 40.1 Å². The normalized spacial score (nSPS) is 19.1. The minimum atomic E-state index is -0.671. The van der Waals surface area contributed by atoms with E-state index in [1.807, 2.05) is 84.1 Å². The summed E-state index contributed by atoms with van der Waals surface area (Å²) in [7, 11) is 0. The second-order valence-corrected chi connectivity index (χ2v) is 12.1. The molecule has 4 aromatic rings. The highest BCUT2D eigenvalue weighted by atomic mass is 16.3. The third kappa shape index (κ3) is 3.23. The number of rotatable bonds is 0. The molecule has 3 heterocycles. The summed E-state index contributed by atoms with van der Waals surface area (Å²) in [5, 5.41) is 33.3. The first-order chi connectivity index (χ1) is 16.7. The topological polar surface area (TPSA) is 76.1 Å². The zero-order valence-electron chi connectivity index (χ0n) is 22.5. The van der Waals surface area contributed by atoms with Crippen LogP contribution in [0.2, 0.25) is 0 Å². The lowest BCUT2D eigenvalue weighted by atomic mass is 9.74. The third-order valence-corrected chi connectivity index (χ3v) is 8.34. The van der Waals surface area contributed by atoms with E-state index in [4.69, 9.17) is 10.2 Å². The molecule has 0 fully saturated rings. The summed E-state index contributed by atoms with van der Waals surface area (Å²) in [6, 6.07) is 15.8. The number of aromatic hydroxyl groups is 2. The van der Waals surface area contributed by atoms with Crippen LogP contribution in [0.4, 0.5) is 0 Å². The molecule has 6 nitrogen and oxygen atoms in total. The predicted octanol–water partition coefficient (Wildman–Crippen LogP) is 6.02. The minimum Gasteiger partial charge on any atom is -0.507 e. The van der Waals surface area contributed by atoms with E-state index in [1.54, 1.807) is 0 Å². The molecule has 2 N–H and O–H groups in total. The molecule has 0 saturated heterocycles. The molecule has 0 spiro atoms. The van der Waals surface area contributed by atoms with Crippen LogP contribution in [0.15, 0.2) is 60.9 Å². The van der Waals surface area contributed by atoms with E-state index < -0.39 is 21.9 Å². The number of para-hydroxylation sites is 2. The molecule has 0 saturated carbocycles. The molecule has 1 aliphatic rings. The van der Waals surface area contributed by atoms with Crippen molar-refractivity contribution in [1.82, 2.24) is 19.6 Å². The van der Waals surface area contributed by atoms with Crippen LogP contribution in [-0.4, -0.2) is 29.8 Å². The van der Waals surface area contributed by atoms with Crippen LogP contribution in [0.25, 0.3) is 0 Å². The van der Waals surface area contributed by atoms with Crippen LogP contribution in [0.1, 0.15) is 89.0 Å². The van der Waals surface area contributed by atoms with Gasteiger partial charge in [0.2, 0.25) is 0 Å². The van der Waals surface area contributed by atoms with Gasteiger partial charge in [0.05, 0.1) is 27.9 Å². The van der Waals surface area contributed by atoms with Crippen molar-refractivity contribution in [3.8, 4) is 11.5 Å². The van der Waals surface area contributed by atoms with Crippen molar-refractivity contribution in [2.75, 3.05) is 0 Å². The number of benzene rings is 2. The lowest BCUT2D eigenvalue weighted by Crippen LogP contribution is -2.32. The number of hydrogen-bond donors (Lipinski definition) is 2. The van der Waals surface area contributed by atoms with Crippen LogP contribution >= 0.6 is 0 Å². The van der Waals surface area contributed by atoms with Gasteiger partial charge in [-0.1, -0.05) is 50.2 Å². The Balaban J connectivity index is 1.87. The quantitative estimate of drug-likeness (QED) is 0.320. The Labute approximate surface area is 213 Å². The highest BCUT2D eigenvalue weighted by molar-refractivity contribution is 5.56. The van der Waals surface area contributed by atoms with Crippen LogP contribution in [-0.2, 0) is 21.9 Å². The largest absolute Gasteiger partial charge is 0.507 e. The molecule has 0 aliphatic carbocycles. The molecule has 1 aliphatic heterocycles. The molecule has 0 atom stereocenters. The molecular formula is C30H36N4O2. The smallest absolute Gasteiger partial charge is 0.125 e.